The van der Waals surface area contributed by atoms with Crippen LogP contribution in [0.15, 0.2) is 36.4 Å². The van der Waals surface area contributed by atoms with Crippen LogP contribution in [-0.4, -0.2) is 16.1 Å². The molecule has 0 radical (unpaired) electrons. The van der Waals surface area contributed by atoms with Crippen LogP contribution in [0.3, 0.4) is 0 Å². The van der Waals surface area contributed by atoms with Gasteiger partial charge < -0.3 is 15.9 Å². The molecule has 0 atom stereocenters. The number of rotatable bonds is 3. The van der Waals surface area contributed by atoms with Gasteiger partial charge in [0.05, 0.1) is 5.92 Å². The first-order valence-electron chi connectivity index (χ1n) is 5.66. The van der Waals surface area contributed by atoms with Gasteiger partial charge in [-0.15, -0.1) is 0 Å². The summed E-state index contributed by atoms with van der Waals surface area (Å²) in [5.74, 6) is -4.39. The Bertz CT molecular complexity index is 622. The predicted molar refractivity (Wildman–Crippen MR) is 67.2 cm³/mol. The summed E-state index contributed by atoms with van der Waals surface area (Å²) in [6.07, 6.45) is 0. The number of phenolic OH excluding ortho intramolecular Hbond substituents is 2. The molecule has 0 unspecified atom stereocenters. The Labute approximate surface area is 113 Å². The number of benzene rings is 2. The number of carbonyl (C=O) groups excluding carboxylic acids is 1. The lowest BCUT2D eigenvalue weighted by Gasteiger charge is -2.17. The topological polar surface area (TPSA) is 83.6 Å². The predicted octanol–water partition coefficient (Wildman–Crippen LogP) is 1.99. The highest BCUT2D eigenvalue weighted by Gasteiger charge is 2.26. The zero-order valence-electron chi connectivity index (χ0n) is 10.2. The summed E-state index contributed by atoms with van der Waals surface area (Å²) in [6.45, 7) is 0. The quantitative estimate of drug-likeness (QED) is 0.803. The summed E-state index contributed by atoms with van der Waals surface area (Å²) in [5.41, 5.74) is 5.32. The van der Waals surface area contributed by atoms with Gasteiger partial charge in [0.2, 0.25) is 5.91 Å². The highest BCUT2D eigenvalue weighted by atomic mass is 19.1. The first-order chi connectivity index (χ1) is 9.40. The standard InChI is InChI=1S/C14H11F2NO3/c15-7-1-3-9(11(18)5-7)13(14(17)20)10-4-2-8(16)6-12(10)19/h1-6,13,18-19H,(H2,17,20). The molecule has 2 rings (SSSR count). The lowest BCUT2D eigenvalue weighted by molar-refractivity contribution is -0.118. The highest BCUT2D eigenvalue weighted by Crippen LogP contribution is 2.36. The summed E-state index contributed by atoms with van der Waals surface area (Å²) in [4.78, 5) is 11.6. The van der Waals surface area contributed by atoms with E-state index in [4.69, 9.17) is 5.73 Å². The molecular weight excluding hydrogens is 268 g/mol. The van der Waals surface area contributed by atoms with Gasteiger partial charge >= 0.3 is 0 Å². The van der Waals surface area contributed by atoms with E-state index in [9.17, 15) is 23.8 Å². The van der Waals surface area contributed by atoms with Gasteiger partial charge in [0.15, 0.2) is 0 Å². The Kier molecular flexibility index (Phi) is 3.56. The van der Waals surface area contributed by atoms with Crippen LogP contribution in [-0.2, 0) is 4.79 Å². The molecule has 0 bridgehead atoms. The third kappa shape index (κ3) is 2.54. The van der Waals surface area contributed by atoms with Crippen molar-refractivity contribution in [2.45, 2.75) is 5.92 Å². The summed E-state index contributed by atoms with van der Waals surface area (Å²) in [7, 11) is 0. The minimum atomic E-state index is -1.21. The van der Waals surface area contributed by atoms with Gasteiger partial charge in [-0.25, -0.2) is 8.78 Å². The van der Waals surface area contributed by atoms with Crippen molar-refractivity contribution >= 4 is 5.91 Å². The SMILES string of the molecule is NC(=O)C(c1ccc(F)cc1O)c1ccc(F)cc1O. The van der Waals surface area contributed by atoms with Crippen molar-refractivity contribution in [2.75, 3.05) is 0 Å². The maximum absolute atomic E-state index is 13.0. The average Bonchev–Trinajstić information content (AvgIpc) is 2.34. The van der Waals surface area contributed by atoms with Crippen molar-refractivity contribution in [3.05, 3.63) is 59.2 Å². The lowest BCUT2D eigenvalue weighted by Crippen LogP contribution is -2.22. The number of aromatic hydroxyl groups is 2. The van der Waals surface area contributed by atoms with Crippen molar-refractivity contribution in [1.82, 2.24) is 0 Å². The smallest absolute Gasteiger partial charge is 0.229 e. The molecule has 0 fully saturated rings. The third-order valence-electron chi connectivity index (χ3n) is 2.89. The number of hydrogen-bond donors (Lipinski definition) is 3. The van der Waals surface area contributed by atoms with Gasteiger partial charge in [0, 0.05) is 23.3 Å². The second-order valence-electron chi connectivity index (χ2n) is 4.24. The van der Waals surface area contributed by atoms with Crippen molar-refractivity contribution in [2.24, 2.45) is 5.73 Å². The zero-order valence-corrected chi connectivity index (χ0v) is 10.2. The van der Waals surface area contributed by atoms with E-state index >= 15 is 0 Å². The fraction of sp³-hybridized carbons (Fsp3) is 0.0714. The number of halogens is 2. The maximum atomic E-state index is 13.0. The van der Waals surface area contributed by atoms with Crippen LogP contribution < -0.4 is 5.73 Å². The Balaban J connectivity index is 2.59. The molecule has 2 aromatic carbocycles. The van der Waals surface area contributed by atoms with E-state index < -0.39 is 35.0 Å². The van der Waals surface area contributed by atoms with E-state index in [-0.39, 0.29) is 11.1 Å². The Morgan fingerprint density at radius 3 is 1.65 bits per heavy atom. The molecule has 0 heterocycles. The molecule has 0 spiro atoms. The van der Waals surface area contributed by atoms with E-state index in [1.807, 2.05) is 0 Å². The van der Waals surface area contributed by atoms with Crippen molar-refractivity contribution in [3.63, 3.8) is 0 Å². The average molecular weight is 279 g/mol. The largest absolute Gasteiger partial charge is 0.508 e. The first-order valence-corrected chi connectivity index (χ1v) is 5.66. The molecular formula is C14H11F2NO3. The van der Waals surface area contributed by atoms with Gasteiger partial charge in [-0.1, -0.05) is 12.1 Å². The molecule has 1 amide bonds. The molecule has 0 aromatic heterocycles. The monoisotopic (exact) mass is 279 g/mol. The number of carbonyl (C=O) groups is 1. The van der Waals surface area contributed by atoms with Crippen LogP contribution in [0.4, 0.5) is 8.78 Å². The minimum absolute atomic E-state index is 0.0285. The van der Waals surface area contributed by atoms with Crippen molar-refractivity contribution in [1.29, 1.82) is 0 Å². The van der Waals surface area contributed by atoms with Crippen LogP contribution in [0.2, 0.25) is 0 Å². The summed E-state index contributed by atoms with van der Waals surface area (Å²) >= 11 is 0. The third-order valence-corrected chi connectivity index (χ3v) is 2.89. The molecule has 4 nitrogen and oxygen atoms in total. The van der Waals surface area contributed by atoms with Crippen molar-refractivity contribution in [3.8, 4) is 11.5 Å². The van der Waals surface area contributed by atoms with E-state index in [2.05, 4.69) is 0 Å². The van der Waals surface area contributed by atoms with Gasteiger partial charge in [-0.05, 0) is 12.1 Å². The summed E-state index contributed by atoms with van der Waals surface area (Å²) < 4.78 is 25.9. The molecule has 0 aliphatic carbocycles. The fourth-order valence-electron chi connectivity index (χ4n) is 2.00. The van der Waals surface area contributed by atoms with E-state index in [0.29, 0.717) is 0 Å². The van der Waals surface area contributed by atoms with Gasteiger partial charge in [0.1, 0.15) is 23.1 Å². The van der Waals surface area contributed by atoms with Gasteiger partial charge in [-0.2, -0.15) is 0 Å². The second kappa shape index (κ2) is 5.16. The minimum Gasteiger partial charge on any atom is -0.508 e. The number of phenols is 2. The van der Waals surface area contributed by atoms with Crippen molar-refractivity contribution < 1.29 is 23.8 Å². The second-order valence-corrected chi connectivity index (χ2v) is 4.24. The molecule has 0 saturated heterocycles. The molecule has 4 N–H and O–H groups in total. The number of amides is 1. The number of hydrogen-bond acceptors (Lipinski definition) is 3. The number of primary amides is 1. The van der Waals surface area contributed by atoms with Crippen LogP contribution in [0.25, 0.3) is 0 Å². The van der Waals surface area contributed by atoms with E-state index in [1.54, 1.807) is 0 Å². The van der Waals surface area contributed by atoms with E-state index in [1.165, 1.54) is 12.1 Å². The molecule has 104 valence electrons. The molecule has 6 heteroatoms. The zero-order chi connectivity index (χ0) is 14.9. The number of nitrogens with two attached hydrogens (primary N) is 1. The Morgan fingerprint density at radius 2 is 1.35 bits per heavy atom. The summed E-state index contributed by atoms with van der Waals surface area (Å²) in [6, 6.07) is 6.11. The maximum Gasteiger partial charge on any atom is 0.229 e. The highest BCUT2D eigenvalue weighted by molar-refractivity contribution is 5.87. The van der Waals surface area contributed by atoms with E-state index in [0.717, 1.165) is 24.3 Å². The Morgan fingerprint density at radius 1 is 0.950 bits per heavy atom. The van der Waals surface area contributed by atoms with Gasteiger partial charge in [0.25, 0.3) is 0 Å². The van der Waals surface area contributed by atoms with Crippen LogP contribution in [0, 0.1) is 11.6 Å². The molecule has 0 saturated carbocycles. The molecule has 0 aliphatic rings. The van der Waals surface area contributed by atoms with Gasteiger partial charge in [-0.3, -0.25) is 4.79 Å². The van der Waals surface area contributed by atoms with Crippen LogP contribution in [0.5, 0.6) is 11.5 Å². The Hall–Kier alpha value is -2.63. The normalized spacial score (nSPS) is 10.8. The molecule has 0 aliphatic heterocycles. The van der Waals surface area contributed by atoms with Crippen LogP contribution in [0.1, 0.15) is 17.0 Å². The first kappa shape index (κ1) is 13.8. The summed E-state index contributed by atoms with van der Waals surface area (Å²) in [5, 5.41) is 19.4. The lowest BCUT2D eigenvalue weighted by atomic mass is 9.89. The fourth-order valence-corrected chi connectivity index (χ4v) is 2.00. The van der Waals surface area contributed by atoms with Crippen LogP contribution >= 0.6 is 0 Å². The molecule has 20 heavy (non-hydrogen) atoms. The molecule has 2 aromatic rings.